The molecule has 17 heavy (non-hydrogen) atoms. The largest absolute Gasteiger partial charge is 0.497 e. The van der Waals surface area contributed by atoms with Crippen molar-refractivity contribution in [3.8, 4) is 5.75 Å². The summed E-state index contributed by atoms with van der Waals surface area (Å²) in [6, 6.07) is 8.16. The number of rotatable bonds is 5. The van der Waals surface area contributed by atoms with Crippen molar-refractivity contribution in [1.82, 2.24) is 9.97 Å². The van der Waals surface area contributed by atoms with Crippen LogP contribution in [0.3, 0.4) is 0 Å². The summed E-state index contributed by atoms with van der Waals surface area (Å²) in [5.74, 6) is 1.71. The van der Waals surface area contributed by atoms with E-state index in [0.29, 0.717) is 0 Å². The molecule has 0 saturated carbocycles. The van der Waals surface area contributed by atoms with Crippen LogP contribution in [0.1, 0.15) is 11.3 Å². The maximum absolute atomic E-state index is 5.13. The Labute approximate surface area is 101 Å². The van der Waals surface area contributed by atoms with Crippen LogP contribution < -0.4 is 10.1 Å². The molecule has 1 aromatic heterocycles. The zero-order valence-electron chi connectivity index (χ0n) is 10.2. The number of aryl methyl sites for hydroxylation is 2. The van der Waals surface area contributed by atoms with Crippen molar-refractivity contribution >= 4 is 5.95 Å². The van der Waals surface area contributed by atoms with Crippen molar-refractivity contribution in [2.75, 3.05) is 19.5 Å². The molecule has 0 aliphatic rings. The normalized spacial score (nSPS) is 10.2. The fourth-order valence-electron chi connectivity index (χ4n) is 1.68. The average Bonchev–Trinajstić information content (AvgIpc) is 2.85. The van der Waals surface area contributed by atoms with Crippen LogP contribution in [0.15, 0.2) is 30.5 Å². The number of aromatic amines is 1. The van der Waals surface area contributed by atoms with Gasteiger partial charge in [0, 0.05) is 12.7 Å². The molecule has 1 heterocycles. The van der Waals surface area contributed by atoms with E-state index in [1.54, 1.807) is 7.11 Å². The Balaban J connectivity index is 1.92. The van der Waals surface area contributed by atoms with Gasteiger partial charge in [0.2, 0.25) is 0 Å². The number of methoxy groups -OCH3 is 1. The Bertz CT molecular complexity index is 462. The van der Waals surface area contributed by atoms with Crippen molar-refractivity contribution in [3.63, 3.8) is 0 Å². The van der Waals surface area contributed by atoms with E-state index in [4.69, 9.17) is 4.74 Å². The first-order valence-electron chi connectivity index (χ1n) is 5.66. The van der Waals surface area contributed by atoms with Gasteiger partial charge in [-0.2, -0.15) is 0 Å². The van der Waals surface area contributed by atoms with Gasteiger partial charge in [-0.25, -0.2) is 4.98 Å². The highest BCUT2D eigenvalue weighted by atomic mass is 16.5. The van der Waals surface area contributed by atoms with Gasteiger partial charge in [-0.3, -0.25) is 0 Å². The van der Waals surface area contributed by atoms with Crippen LogP contribution >= 0.6 is 0 Å². The maximum atomic E-state index is 5.13. The number of benzene rings is 1. The molecule has 90 valence electrons. The summed E-state index contributed by atoms with van der Waals surface area (Å²) >= 11 is 0. The summed E-state index contributed by atoms with van der Waals surface area (Å²) in [7, 11) is 3.53. The Hall–Kier alpha value is -1.97. The van der Waals surface area contributed by atoms with Crippen LogP contribution in [0.4, 0.5) is 5.95 Å². The highest BCUT2D eigenvalue weighted by Crippen LogP contribution is 2.13. The van der Waals surface area contributed by atoms with Crippen molar-refractivity contribution in [3.05, 3.63) is 41.7 Å². The molecule has 2 aromatic rings. The zero-order chi connectivity index (χ0) is 12.1. The number of nitrogens with zero attached hydrogens (tertiary/aromatic N) is 1. The lowest BCUT2D eigenvalue weighted by Gasteiger charge is -2.02. The Morgan fingerprint density at radius 1 is 1.24 bits per heavy atom. The lowest BCUT2D eigenvalue weighted by Crippen LogP contribution is -1.93. The van der Waals surface area contributed by atoms with E-state index in [0.717, 1.165) is 30.2 Å². The molecule has 0 amide bonds. The molecule has 2 N–H and O–H groups in total. The van der Waals surface area contributed by atoms with Crippen LogP contribution in [-0.2, 0) is 12.8 Å². The van der Waals surface area contributed by atoms with Crippen molar-refractivity contribution in [2.24, 2.45) is 0 Å². The number of nitrogens with one attached hydrogen (secondary N) is 2. The van der Waals surface area contributed by atoms with E-state index in [1.807, 2.05) is 25.4 Å². The molecule has 4 nitrogen and oxygen atoms in total. The van der Waals surface area contributed by atoms with Gasteiger partial charge in [0.1, 0.15) is 5.75 Å². The summed E-state index contributed by atoms with van der Waals surface area (Å²) in [5, 5.41) is 2.98. The highest BCUT2D eigenvalue weighted by molar-refractivity contribution is 5.28. The predicted molar refractivity (Wildman–Crippen MR) is 68.5 cm³/mol. The molecule has 0 radical (unpaired) electrons. The first-order chi connectivity index (χ1) is 8.31. The van der Waals surface area contributed by atoms with Crippen LogP contribution in [0.25, 0.3) is 0 Å². The SMILES string of the molecule is CNc1ncc(CCc2ccc(OC)cc2)[nH]1. The van der Waals surface area contributed by atoms with Crippen LogP contribution in [-0.4, -0.2) is 24.1 Å². The molecule has 1 aromatic carbocycles. The fraction of sp³-hybridized carbons (Fsp3) is 0.308. The first kappa shape index (κ1) is 11.5. The van der Waals surface area contributed by atoms with Gasteiger partial charge in [0.15, 0.2) is 5.95 Å². The van der Waals surface area contributed by atoms with E-state index in [9.17, 15) is 0 Å². The van der Waals surface area contributed by atoms with Crippen LogP contribution in [0, 0.1) is 0 Å². The van der Waals surface area contributed by atoms with E-state index in [2.05, 4.69) is 27.4 Å². The Morgan fingerprint density at radius 3 is 2.59 bits per heavy atom. The third-order valence-corrected chi connectivity index (χ3v) is 2.71. The third kappa shape index (κ3) is 3.00. The summed E-state index contributed by atoms with van der Waals surface area (Å²) in [6.45, 7) is 0. The summed E-state index contributed by atoms with van der Waals surface area (Å²) < 4.78 is 5.13. The van der Waals surface area contributed by atoms with Gasteiger partial charge < -0.3 is 15.0 Å². The summed E-state index contributed by atoms with van der Waals surface area (Å²) in [6.07, 6.45) is 3.83. The van der Waals surface area contributed by atoms with Crippen LogP contribution in [0.5, 0.6) is 5.75 Å². The van der Waals surface area contributed by atoms with Gasteiger partial charge >= 0.3 is 0 Å². The molecule has 4 heteroatoms. The van der Waals surface area contributed by atoms with E-state index in [1.165, 1.54) is 5.56 Å². The minimum Gasteiger partial charge on any atom is -0.497 e. The zero-order valence-corrected chi connectivity index (χ0v) is 10.2. The second kappa shape index (κ2) is 5.39. The quantitative estimate of drug-likeness (QED) is 0.829. The number of anilines is 1. The standard InChI is InChI=1S/C13H17N3O/c1-14-13-15-9-11(16-13)6-3-10-4-7-12(17-2)8-5-10/h4-5,7-9H,3,6H2,1-2H3,(H2,14,15,16). The van der Waals surface area contributed by atoms with Gasteiger partial charge in [-0.15, -0.1) is 0 Å². The number of hydrogen-bond acceptors (Lipinski definition) is 3. The third-order valence-electron chi connectivity index (χ3n) is 2.71. The van der Waals surface area contributed by atoms with Crippen LogP contribution in [0.2, 0.25) is 0 Å². The second-order valence-corrected chi connectivity index (χ2v) is 3.86. The van der Waals surface area contributed by atoms with Crippen molar-refractivity contribution < 1.29 is 4.74 Å². The van der Waals surface area contributed by atoms with E-state index in [-0.39, 0.29) is 0 Å². The van der Waals surface area contributed by atoms with Crippen molar-refractivity contribution in [1.29, 1.82) is 0 Å². The van der Waals surface area contributed by atoms with Gasteiger partial charge in [0.25, 0.3) is 0 Å². The lowest BCUT2D eigenvalue weighted by atomic mass is 10.1. The maximum Gasteiger partial charge on any atom is 0.200 e. The topological polar surface area (TPSA) is 49.9 Å². The molecular formula is C13H17N3O. The van der Waals surface area contributed by atoms with Gasteiger partial charge in [0.05, 0.1) is 13.3 Å². The number of H-pyrrole nitrogens is 1. The molecule has 0 saturated heterocycles. The number of aromatic nitrogens is 2. The first-order valence-corrected chi connectivity index (χ1v) is 5.66. The van der Waals surface area contributed by atoms with Crippen molar-refractivity contribution in [2.45, 2.75) is 12.8 Å². The highest BCUT2D eigenvalue weighted by Gasteiger charge is 2.00. The molecule has 0 spiro atoms. The molecular weight excluding hydrogens is 214 g/mol. The molecule has 0 atom stereocenters. The van der Waals surface area contributed by atoms with Gasteiger partial charge in [-0.05, 0) is 30.5 Å². The number of ether oxygens (including phenoxy) is 1. The Morgan fingerprint density at radius 2 is 2.00 bits per heavy atom. The molecule has 0 fully saturated rings. The lowest BCUT2D eigenvalue weighted by molar-refractivity contribution is 0.414. The molecule has 0 aliphatic heterocycles. The summed E-state index contributed by atoms with van der Waals surface area (Å²) in [4.78, 5) is 7.40. The number of imidazole rings is 1. The second-order valence-electron chi connectivity index (χ2n) is 3.86. The minimum absolute atomic E-state index is 0.815. The van der Waals surface area contributed by atoms with E-state index >= 15 is 0 Å². The predicted octanol–water partition coefficient (Wildman–Crippen LogP) is 2.25. The van der Waals surface area contributed by atoms with Gasteiger partial charge in [-0.1, -0.05) is 12.1 Å². The molecule has 0 bridgehead atoms. The molecule has 2 rings (SSSR count). The molecule has 0 unspecified atom stereocenters. The fourth-order valence-corrected chi connectivity index (χ4v) is 1.68. The Kier molecular flexibility index (Phi) is 3.65. The molecule has 0 aliphatic carbocycles. The van der Waals surface area contributed by atoms with E-state index < -0.39 is 0 Å². The smallest absolute Gasteiger partial charge is 0.200 e. The number of hydrogen-bond donors (Lipinski definition) is 2. The average molecular weight is 231 g/mol. The minimum atomic E-state index is 0.815. The monoisotopic (exact) mass is 231 g/mol. The summed E-state index contributed by atoms with van der Waals surface area (Å²) in [5.41, 5.74) is 2.44.